The number of rotatable bonds is 12. The van der Waals surface area contributed by atoms with Crippen LogP contribution in [0, 0.1) is 11.8 Å². The average Bonchev–Trinajstić information content (AvgIpc) is 2.40. The maximum atomic E-state index is 12.0. The molecular formula is C17H37N3O. The largest absolute Gasteiger partial charge is 0.355 e. The summed E-state index contributed by atoms with van der Waals surface area (Å²) in [5.41, 5.74) is 5.64. The fourth-order valence-electron chi connectivity index (χ4n) is 2.75. The van der Waals surface area contributed by atoms with E-state index in [2.05, 4.69) is 45.1 Å². The number of amides is 1. The van der Waals surface area contributed by atoms with Crippen LogP contribution in [0.5, 0.6) is 0 Å². The number of nitrogens with one attached hydrogen (secondary N) is 1. The predicted molar refractivity (Wildman–Crippen MR) is 91.2 cm³/mol. The zero-order valence-corrected chi connectivity index (χ0v) is 14.8. The summed E-state index contributed by atoms with van der Waals surface area (Å²) in [7, 11) is 4.16. The van der Waals surface area contributed by atoms with Gasteiger partial charge in [-0.2, -0.15) is 0 Å². The molecule has 0 aliphatic carbocycles. The van der Waals surface area contributed by atoms with E-state index in [0.717, 1.165) is 32.4 Å². The minimum Gasteiger partial charge on any atom is -0.355 e. The van der Waals surface area contributed by atoms with Gasteiger partial charge in [0.05, 0.1) is 0 Å². The first-order chi connectivity index (χ1) is 9.90. The van der Waals surface area contributed by atoms with Crippen molar-refractivity contribution in [3.63, 3.8) is 0 Å². The molecule has 0 radical (unpaired) electrons. The van der Waals surface area contributed by atoms with Crippen molar-refractivity contribution < 1.29 is 4.79 Å². The van der Waals surface area contributed by atoms with Crippen LogP contribution in [0.1, 0.15) is 59.3 Å². The minimum absolute atomic E-state index is 0.184. The molecule has 0 aliphatic heterocycles. The molecule has 0 heterocycles. The van der Waals surface area contributed by atoms with Gasteiger partial charge in [0.25, 0.3) is 0 Å². The van der Waals surface area contributed by atoms with E-state index in [1.165, 1.54) is 12.8 Å². The van der Waals surface area contributed by atoms with Gasteiger partial charge in [0.1, 0.15) is 0 Å². The first-order valence-corrected chi connectivity index (χ1v) is 8.53. The second-order valence-corrected chi connectivity index (χ2v) is 6.82. The minimum atomic E-state index is 0.184. The van der Waals surface area contributed by atoms with Gasteiger partial charge in [0.15, 0.2) is 0 Å². The number of hydrogen-bond donors (Lipinski definition) is 2. The lowest BCUT2D eigenvalue weighted by atomic mass is 9.94. The van der Waals surface area contributed by atoms with Gasteiger partial charge in [-0.05, 0) is 51.7 Å². The molecule has 0 aromatic rings. The van der Waals surface area contributed by atoms with E-state index in [0.29, 0.717) is 24.3 Å². The van der Waals surface area contributed by atoms with Crippen LogP contribution >= 0.6 is 0 Å². The molecule has 0 rings (SSSR count). The van der Waals surface area contributed by atoms with E-state index in [1.807, 2.05) is 0 Å². The number of nitrogens with zero attached hydrogens (tertiary/aromatic N) is 1. The van der Waals surface area contributed by atoms with Gasteiger partial charge < -0.3 is 16.0 Å². The van der Waals surface area contributed by atoms with Crippen molar-refractivity contribution in [3.05, 3.63) is 0 Å². The number of carbonyl (C=O) groups excluding carboxylic acids is 1. The molecule has 21 heavy (non-hydrogen) atoms. The second kappa shape index (κ2) is 12.0. The molecule has 126 valence electrons. The fourth-order valence-corrected chi connectivity index (χ4v) is 2.75. The van der Waals surface area contributed by atoms with Crippen LogP contribution in [0.15, 0.2) is 0 Å². The third-order valence-corrected chi connectivity index (χ3v) is 4.06. The molecule has 0 spiro atoms. The van der Waals surface area contributed by atoms with Crippen molar-refractivity contribution in [3.8, 4) is 0 Å². The predicted octanol–water partition coefficient (Wildman–Crippen LogP) is 2.62. The molecule has 2 atom stereocenters. The zero-order valence-electron chi connectivity index (χ0n) is 14.8. The van der Waals surface area contributed by atoms with E-state index in [1.54, 1.807) is 0 Å². The second-order valence-electron chi connectivity index (χ2n) is 6.82. The third kappa shape index (κ3) is 10.7. The highest BCUT2D eigenvalue weighted by Crippen LogP contribution is 2.16. The maximum Gasteiger partial charge on any atom is 0.220 e. The third-order valence-electron chi connectivity index (χ3n) is 4.06. The molecular weight excluding hydrogens is 262 g/mol. The lowest BCUT2D eigenvalue weighted by Gasteiger charge is -2.26. The Hall–Kier alpha value is -0.610. The normalized spacial score (nSPS) is 14.5. The van der Waals surface area contributed by atoms with E-state index in [-0.39, 0.29) is 5.91 Å². The maximum absolute atomic E-state index is 12.0. The summed E-state index contributed by atoms with van der Waals surface area (Å²) in [6, 6.07) is 0.421. The lowest BCUT2D eigenvalue weighted by molar-refractivity contribution is -0.121. The summed E-state index contributed by atoms with van der Waals surface area (Å²) in [6.45, 7) is 8.11. The van der Waals surface area contributed by atoms with E-state index >= 15 is 0 Å². The monoisotopic (exact) mass is 299 g/mol. The number of carbonyl (C=O) groups is 1. The van der Waals surface area contributed by atoms with Gasteiger partial charge >= 0.3 is 0 Å². The van der Waals surface area contributed by atoms with Crippen molar-refractivity contribution in [1.29, 1.82) is 0 Å². The molecule has 0 fully saturated rings. The Balaban J connectivity index is 4.06. The van der Waals surface area contributed by atoms with Gasteiger partial charge in [-0.15, -0.1) is 0 Å². The molecule has 0 saturated carbocycles. The summed E-state index contributed by atoms with van der Waals surface area (Å²) in [5.74, 6) is 1.43. The number of likely N-dealkylation sites (N-methyl/N-ethyl adjacent to an activating group) is 1. The van der Waals surface area contributed by atoms with Crippen LogP contribution < -0.4 is 11.1 Å². The molecule has 0 aromatic carbocycles. The summed E-state index contributed by atoms with van der Waals surface area (Å²) in [5, 5.41) is 3.10. The SMILES string of the molecule is CCCC(CCN)CCC(=O)NCC(CC(C)C)N(C)C. The molecule has 0 aromatic heterocycles. The average molecular weight is 300 g/mol. The quantitative estimate of drug-likeness (QED) is 0.582. The molecule has 3 N–H and O–H groups in total. The summed E-state index contributed by atoms with van der Waals surface area (Å²) in [4.78, 5) is 14.2. The van der Waals surface area contributed by atoms with Crippen molar-refractivity contribution in [2.24, 2.45) is 17.6 Å². The van der Waals surface area contributed by atoms with E-state index in [9.17, 15) is 4.79 Å². The Morgan fingerprint density at radius 1 is 1.19 bits per heavy atom. The standard InChI is InChI=1S/C17H37N3O/c1-6-7-15(10-11-18)8-9-17(21)19-13-16(20(4)5)12-14(2)3/h14-16H,6-13,18H2,1-5H3,(H,19,21). The molecule has 4 heteroatoms. The number of hydrogen-bond acceptors (Lipinski definition) is 3. The first kappa shape index (κ1) is 20.4. The van der Waals surface area contributed by atoms with Gasteiger partial charge in [0.2, 0.25) is 5.91 Å². The lowest BCUT2D eigenvalue weighted by Crippen LogP contribution is -2.41. The van der Waals surface area contributed by atoms with Gasteiger partial charge in [0, 0.05) is 19.0 Å². The topological polar surface area (TPSA) is 58.4 Å². The first-order valence-electron chi connectivity index (χ1n) is 8.53. The Morgan fingerprint density at radius 3 is 2.33 bits per heavy atom. The smallest absolute Gasteiger partial charge is 0.220 e. The van der Waals surface area contributed by atoms with Crippen LogP contribution in [0.3, 0.4) is 0 Å². The van der Waals surface area contributed by atoms with E-state index in [4.69, 9.17) is 5.73 Å². The summed E-state index contributed by atoms with van der Waals surface area (Å²) >= 11 is 0. The van der Waals surface area contributed by atoms with Crippen LogP contribution in [-0.2, 0) is 4.79 Å². The Kier molecular flexibility index (Phi) is 11.6. The molecule has 4 nitrogen and oxygen atoms in total. The summed E-state index contributed by atoms with van der Waals surface area (Å²) < 4.78 is 0. The highest BCUT2D eigenvalue weighted by Gasteiger charge is 2.15. The van der Waals surface area contributed by atoms with Crippen LogP contribution in [0.2, 0.25) is 0 Å². The van der Waals surface area contributed by atoms with Crippen LogP contribution in [-0.4, -0.2) is 44.0 Å². The highest BCUT2D eigenvalue weighted by atomic mass is 16.1. The van der Waals surface area contributed by atoms with Crippen molar-refractivity contribution in [2.45, 2.75) is 65.3 Å². The fraction of sp³-hybridized carbons (Fsp3) is 0.941. The molecule has 0 saturated heterocycles. The van der Waals surface area contributed by atoms with Gasteiger partial charge in [-0.1, -0.05) is 33.6 Å². The molecule has 0 bridgehead atoms. The van der Waals surface area contributed by atoms with Crippen LogP contribution in [0.25, 0.3) is 0 Å². The van der Waals surface area contributed by atoms with Gasteiger partial charge in [-0.25, -0.2) is 0 Å². The Morgan fingerprint density at radius 2 is 1.86 bits per heavy atom. The highest BCUT2D eigenvalue weighted by molar-refractivity contribution is 5.75. The van der Waals surface area contributed by atoms with Crippen LogP contribution in [0.4, 0.5) is 0 Å². The Labute approximate surface area is 131 Å². The van der Waals surface area contributed by atoms with Crippen molar-refractivity contribution in [1.82, 2.24) is 10.2 Å². The van der Waals surface area contributed by atoms with E-state index < -0.39 is 0 Å². The molecule has 0 aliphatic rings. The van der Waals surface area contributed by atoms with Crippen molar-refractivity contribution in [2.75, 3.05) is 27.2 Å². The number of nitrogens with two attached hydrogens (primary N) is 1. The van der Waals surface area contributed by atoms with Crippen molar-refractivity contribution >= 4 is 5.91 Å². The summed E-state index contributed by atoms with van der Waals surface area (Å²) in [6.07, 6.45) is 6.09. The molecule has 2 unspecified atom stereocenters. The molecule has 1 amide bonds. The Bertz CT molecular complexity index is 261. The van der Waals surface area contributed by atoms with Gasteiger partial charge in [-0.3, -0.25) is 4.79 Å². The zero-order chi connectivity index (χ0) is 16.3.